The minimum atomic E-state index is -3.72. The van der Waals surface area contributed by atoms with Crippen LogP contribution in [0, 0.1) is 0 Å². The number of halogens is 2. The highest BCUT2D eigenvalue weighted by Crippen LogP contribution is 2.29. The van der Waals surface area contributed by atoms with Crippen LogP contribution in [-0.4, -0.2) is 27.2 Å². The lowest BCUT2D eigenvalue weighted by Gasteiger charge is -2.15. The third-order valence-corrected chi connectivity index (χ3v) is 6.21. The summed E-state index contributed by atoms with van der Waals surface area (Å²) in [6, 6.07) is 7.66. The largest absolute Gasteiger partial charge is 0.496 e. The van der Waals surface area contributed by atoms with Crippen LogP contribution < -0.4 is 9.46 Å². The van der Waals surface area contributed by atoms with Crippen molar-refractivity contribution in [2.24, 2.45) is 0 Å². The van der Waals surface area contributed by atoms with E-state index in [1.54, 1.807) is 12.1 Å². The molecule has 1 atom stereocenters. The number of benzene rings is 1. The molecule has 0 fully saturated rings. The third-order valence-electron chi connectivity index (χ3n) is 2.83. The Kier molecular flexibility index (Phi) is 5.70. The molecule has 0 radical (unpaired) electrons. The molecule has 5 nitrogen and oxygen atoms in total. The lowest BCUT2D eigenvalue weighted by Crippen LogP contribution is -2.28. The van der Waals surface area contributed by atoms with Crippen molar-refractivity contribution < 1.29 is 18.3 Å². The highest BCUT2D eigenvalue weighted by molar-refractivity contribution is 7.91. The molecule has 0 amide bonds. The van der Waals surface area contributed by atoms with Crippen molar-refractivity contribution in [1.82, 2.24) is 4.72 Å². The van der Waals surface area contributed by atoms with Gasteiger partial charge in [-0.05, 0) is 30.3 Å². The van der Waals surface area contributed by atoms with Crippen LogP contribution in [0.3, 0.4) is 0 Å². The molecule has 0 saturated carbocycles. The minimum absolute atomic E-state index is 0.0859. The predicted molar refractivity (Wildman–Crippen MR) is 87.5 cm³/mol. The van der Waals surface area contributed by atoms with Gasteiger partial charge in [0.05, 0.1) is 17.6 Å². The van der Waals surface area contributed by atoms with Gasteiger partial charge in [0.1, 0.15) is 9.96 Å². The first-order valence-corrected chi connectivity index (χ1v) is 9.15. The van der Waals surface area contributed by atoms with Crippen LogP contribution in [-0.2, 0) is 10.0 Å². The zero-order valence-electron chi connectivity index (χ0n) is 11.4. The standard InChI is InChI=1S/C13H13Cl2NO4S2/c1-20-11-3-2-8(14)6-9(11)10(17)7-16-22(18,19)13-5-4-12(15)21-13/h2-6,10,16-17H,7H2,1H3. The maximum Gasteiger partial charge on any atom is 0.250 e. The normalized spacial score (nSPS) is 13.1. The zero-order chi connectivity index (χ0) is 16.3. The average Bonchev–Trinajstić information content (AvgIpc) is 2.92. The molecular weight excluding hydrogens is 369 g/mol. The van der Waals surface area contributed by atoms with E-state index in [2.05, 4.69) is 4.72 Å². The van der Waals surface area contributed by atoms with Gasteiger partial charge >= 0.3 is 0 Å². The topological polar surface area (TPSA) is 75.6 Å². The first kappa shape index (κ1) is 17.5. The number of ether oxygens (including phenoxy) is 1. The van der Waals surface area contributed by atoms with Crippen molar-refractivity contribution in [2.75, 3.05) is 13.7 Å². The fourth-order valence-corrected chi connectivity index (χ4v) is 4.52. The number of sulfonamides is 1. The minimum Gasteiger partial charge on any atom is -0.496 e. The van der Waals surface area contributed by atoms with Gasteiger partial charge in [-0.1, -0.05) is 23.2 Å². The number of methoxy groups -OCH3 is 1. The highest BCUT2D eigenvalue weighted by atomic mass is 35.5. The lowest BCUT2D eigenvalue weighted by molar-refractivity contribution is 0.177. The second kappa shape index (κ2) is 7.16. The van der Waals surface area contributed by atoms with E-state index in [1.807, 2.05) is 0 Å². The molecule has 0 aliphatic rings. The van der Waals surface area contributed by atoms with E-state index in [4.69, 9.17) is 27.9 Å². The Labute approximate surface area is 142 Å². The van der Waals surface area contributed by atoms with Gasteiger partial charge in [-0.2, -0.15) is 0 Å². The van der Waals surface area contributed by atoms with E-state index in [0.717, 1.165) is 11.3 Å². The van der Waals surface area contributed by atoms with Gasteiger partial charge in [0.2, 0.25) is 10.0 Å². The summed E-state index contributed by atoms with van der Waals surface area (Å²) in [6.07, 6.45) is -1.10. The Morgan fingerprint density at radius 3 is 2.64 bits per heavy atom. The van der Waals surface area contributed by atoms with E-state index in [0.29, 0.717) is 20.7 Å². The highest BCUT2D eigenvalue weighted by Gasteiger charge is 2.20. The fourth-order valence-electron chi connectivity index (χ4n) is 1.78. The molecule has 0 saturated heterocycles. The molecule has 0 aliphatic carbocycles. The summed E-state index contributed by atoms with van der Waals surface area (Å²) in [7, 11) is -2.27. The smallest absolute Gasteiger partial charge is 0.250 e. The van der Waals surface area contributed by atoms with Crippen LogP contribution in [0.1, 0.15) is 11.7 Å². The Morgan fingerprint density at radius 1 is 1.32 bits per heavy atom. The molecule has 1 unspecified atom stereocenters. The van der Waals surface area contributed by atoms with E-state index in [9.17, 15) is 13.5 Å². The molecule has 9 heteroatoms. The van der Waals surface area contributed by atoms with Gasteiger partial charge in [-0.15, -0.1) is 11.3 Å². The quantitative estimate of drug-likeness (QED) is 0.805. The molecule has 120 valence electrons. The van der Waals surface area contributed by atoms with Crippen molar-refractivity contribution in [2.45, 2.75) is 10.3 Å². The number of hydrogen-bond donors (Lipinski definition) is 2. The van der Waals surface area contributed by atoms with Crippen molar-refractivity contribution in [3.8, 4) is 5.75 Å². The summed E-state index contributed by atoms with van der Waals surface area (Å²) in [4.78, 5) is 0. The molecule has 2 N–H and O–H groups in total. The van der Waals surface area contributed by atoms with Gasteiger partial charge < -0.3 is 9.84 Å². The van der Waals surface area contributed by atoms with E-state index in [-0.39, 0.29) is 10.8 Å². The van der Waals surface area contributed by atoms with Gasteiger partial charge in [-0.3, -0.25) is 0 Å². The Balaban J connectivity index is 2.13. The van der Waals surface area contributed by atoms with E-state index in [1.165, 1.54) is 25.3 Å². The van der Waals surface area contributed by atoms with Crippen molar-refractivity contribution >= 4 is 44.6 Å². The average molecular weight is 382 g/mol. The summed E-state index contributed by atoms with van der Waals surface area (Å²) >= 11 is 12.6. The number of thiophene rings is 1. The van der Waals surface area contributed by atoms with Crippen molar-refractivity contribution in [3.05, 3.63) is 45.3 Å². The second-order valence-corrected chi connectivity index (χ2v) is 8.46. The monoisotopic (exact) mass is 381 g/mol. The van der Waals surface area contributed by atoms with Crippen LogP contribution in [0.15, 0.2) is 34.5 Å². The van der Waals surface area contributed by atoms with Gasteiger partial charge in [0.25, 0.3) is 0 Å². The summed E-state index contributed by atoms with van der Waals surface area (Å²) in [5.74, 6) is 0.426. The maximum absolute atomic E-state index is 12.1. The van der Waals surface area contributed by atoms with Gasteiger partial charge in [0.15, 0.2) is 0 Å². The van der Waals surface area contributed by atoms with Crippen LogP contribution in [0.2, 0.25) is 9.36 Å². The van der Waals surface area contributed by atoms with Crippen LogP contribution in [0.25, 0.3) is 0 Å². The van der Waals surface area contributed by atoms with Crippen molar-refractivity contribution in [3.63, 3.8) is 0 Å². The molecule has 2 aromatic rings. The first-order chi connectivity index (χ1) is 10.3. The molecule has 0 bridgehead atoms. The predicted octanol–water partition coefficient (Wildman–Crippen LogP) is 3.08. The van der Waals surface area contributed by atoms with Gasteiger partial charge in [-0.25, -0.2) is 13.1 Å². The van der Waals surface area contributed by atoms with E-state index < -0.39 is 16.1 Å². The molecule has 0 aliphatic heterocycles. The van der Waals surface area contributed by atoms with Crippen LogP contribution in [0.4, 0.5) is 0 Å². The summed E-state index contributed by atoms with van der Waals surface area (Å²) < 4.78 is 32.1. The summed E-state index contributed by atoms with van der Waals surface area (Å²) in [5, 5.41) is 10.6. The molecule has 1 aromatic carbocycles. The molecule has 22 heavy (non-hydrogen) atoms. The van der Waals surface area contributed by atoms with Crippen LogP contribution >= 0.6 is 34.5 Å². The Bertz CT molecular complexity index is 761. The van der Waals surface area contributed by atoms with Crippen LogP contribution in [0.5, 0.6) is 5.75 Å². The summed E-state index contributed by atoms with van der Waals surface area (Å²) in [6.45, 7) is -0.214. The number of hydrogen-bond acceptors (Lipinski definition) is 5. The molecule has 1 aromatic heterocycles. The molecule has 2 rings (SSSR count). The molecule has 1 heterocycles. The fraction of sp³-hybridized carbons (Fsp3) is 0.231. The SMILES string of the molecule is COc1ccc(Cl)cc1C(O)CNS(=O)(=O)c1ccc(Cl)s1. The zero-order valence-corrected chi connectivity index (χ0v) is 14.6. The Morgan fingerprint density at radius 2 is 2.05 bits per heavy atom. The first-order valence-electron chi connectivity index (χ1n) is 6.10. The van der Waals surface area contributed by atoms with E-state index >= 15 is 0 Å². The van der Waals surface area contributed by atoms with Gasteiger partial charge in [0, 0.05) is 17.1 Å². The number of aliphatic hydroxyl groups excluding tert-OH is 1. The molecule has 0 spiro atoms. The Hall–Kier alpha value is -0.830. The second-order valence-electron chi connectivity index (χ2n) is 4.31. The molecular formula is C13H13Cl2NO4S2. The third kappa shape index (κ3) is 4.13. The van der Waals surface area contributed by atoms with Crippen molar-refractivity contribution in [1.29, 1.82) is 0 Å². The number of rotatable bonds is 6. The number of nitrogens with one attached hydrogen (secondary N) is 1. The number of aliphatic hydroxyl groups is 1. The lowest BCUT2D eigenvalue weighted by atomic mass is 10.1. The maximum atomic E-state index is 12.1. The summed E-state index contributed by atoms with van der Waals surface area (Å²) in [5.41, 5.74) is 0.405.